The van der Waals surface area contributed by atoms with E-state index in [1.165, 1.54) is 0 Å². The molecule has 1 atom stereocenters. The first-order valence-corrected chi connectivity index (χ1v) is 5.20. The van der Waals surface area contributed by atoms with Gasteiger partial charge in [0, 0.05) is 19.2 Å². The van der Waals surface area contributed by atoms with Gasteiger partial charge in [-0.1, -0.05) is 30.3 Å². The molecule has 0 amide bonds. The molecule has 16 heavy (non-hydrogen) atoms. The van der Waals surface area contributed by atoms with Crippen molar-refractivity contribution in [1.82, 2.24) is 9.78 Å². The smallest absolute Gasteiger partial charge is 0.108 e. The van der Waals surface area contributed by atoms with Crippen LogP contribution in [0.3, 0.4) is 0 Å². The lowest BCUT2D eigenvalue weighted by atomic mass is 10.1. The van der Waals surface area contributed by atoms with Gasteiger partial charge in [0.2, 0.25) is 0 Å². The quantitative estimate of drug-likeness (QED) is 0.808. The molecule has 0 saturated carbocycles. The first-order valence-electron chi connectivity index (χ1n) is 5.20. The Morgan fingerprint density at radius 1 is 1.38 bits per heavy atom. The van der Waals surface area contributed by atoms with Crippen molar-refractivity contribution in [2.45, 2.75) is 6.10 Å². The summed E-state index contributed by atoms with van der Waals surface area (Å²) in [6.45, 7) is 0.202. The van der Waals surface area contributed by atoms with Gasteiger partial charge in [0.1, 0.15) is 6.10 Å². The summed E-state index contributed by atoms with van der Waals surface area (Å²) in [6, 6.07) is 11.7. The number of aliphatic hydroxyl groups excluding tert-OH is 1. The van der Waals surface area contributed by atoms with Crippen molar-refractivity contribution in [3.63, 3.8) is 0 Å². The molecule has 3 N–H and O–H groups in total. The van der Waals surface area contributed by atoms with Crippen LogP contribution in [-0.4, -0.2) is 21.4 Å². The summed E-state index contributed by atoms with van der Waals surface area (Å²) in [6.07, 6.45) is -0.657. The number of rotatable bonds is 3. The van der Waals surface area contributed by atoms with Gasteiger partial charge in [-0.05, 0) is 6.07 Å². The van der Waals surface area contributed by atoms with Gasteiger partial charge in [-0.15, -0.1) is 0 Å². The number of nitrogens with zero attached hydrogens (tertiary/aromatic N) is 2. The number of aromatic nitrogens is 2. The average Bonchev–Trinajstić information content (AvgIpc) is 2.71. The number of hydrogen-bond donors (Lipinski definition) is 2. The van der Waals surface area contributed by atoms with E-state index < -0.39 is 6.10 Å². The summed E-state index contributed by atoms with van der Waals surface area (Å²) >= 11 is 0. The van der Waals surface area contributed by atoms with Crippen LogP contribution in [0.25, 0.3) is 11.3 Å². The van der Waals surface area contributed by atoms with Crippen LogP contribution in [0.15, 0.2) is 36.4 Å². The van der Waals surface area contributed by atoms with Crippen molar-refractivity contribution < 1.29 is 5.11 Å². The third-order valence-corrected chi connectivity index (χ3v) is 2.55. The van der Waals surface area contributed by atoms with Crippen LogP contribution in [0.4, 0.5) is 0 Å². The van der Waals surface area contributed by atoms with Gasteiger partial charge in [-0.3, -0.25) is 4.68 Å². The lowest BCUT2D eigenvalue weighted by Gasteiger charge is -2.06. The van der Waals surface area contributed by atoms with Crippen molar-refractivity contribution >= 4 is 0 Å². The number of aryl methyl sites for hydroxylation is 1. The summed E-state index contributed by atoms with van der Waals surface area (Å²) in [7, 11) is 1.81. The predicted octanol–water partition coefficient (Wildman–Crippen LogP) is 1.08. The Hall–Kier alpha value is -1.65. The Morgan fingerprint density at radius 2 is 2.06 bits per heavy atom. The number of hydrogen-bond acceptors (Lipinski definition) is 3. The van der Waals surface area contributed by atoms with E-state index >= 15 is 0 Å². The lowest BCUT2D eigenvalue weighted by Crippen LogP contribution is -2.14. The van der Waals surface area contributed by atoms with Gasteiger partial charge >= 0.3 is 0 Å². The van der Waals surface area contributed by atoms with Crippen LogP contribution in [0.2, 0.25) is 0 Å². The number of aliphatic hydroxyl groups is 1. The van der Waals surface area contributed by atoms with E-state index in [-0.39, 0.29) is 6.54 Å². The standard InChI is InChI=1S/C12H15N3O/c1-15-11(12(16)8-13)7-10(14-15)9-5-3-2-4-6-9/h2-7,12,16H,8,13H2,1H3. The fourth-order valence-electron chi connectivity index (χ4n) is 1.66. The molecule has 0 radical (unpaired) electrons. The summed E-state index contributed by atoms with van der Waals surface area (Å²) in [5.41, 5.74) is 8.06. The Morgan fingerprint density at radius 3 is 2.69 bits per heavy atom. The number of nitrogens with two attached hydrogens (primary N) is 1. The van der Waals surface area contributed by atoms with Crippen LogP contribution >= 0.6 is 0 Å². The van der Waals surface area contributed by atoms with Crippen molar-refractivity contribution in [3.8, 4) is 11.3 Å². The highest BCUT2D eigenvalue weighted by Gasteiger charge is 2.13. The molecule has 1 unspecified atom stereocenters. The molecule has 4 nitrogen and oxygen atoms in total. The monoisotopic (exact) mass is 217 g/mol. The minimum Gasteiger partial charge on any atom is -0.385 e. The molecule has 0 spiro atoms. The Kier molecular flexibility index (Phi) is 3.03. The molecule has 0 aliphatic heterocycles. The molecule has 2 rings (SSSR count). The van der Waals surface area contributed by atoms with Gasteiger partial charge in [-0.2, -0.15) is 5.10 Å². The van der Waals surface area contributed by atoms with E-state index in [0.29, 0.717) is 0 Å². The van der Waals surface area contributed by atoms with E-state index in [9.17, 15) is 5.11 Å². The summed E-state index contributed by atoms with van der Waals surface area (Å²) in [5.74, 6) is 0. The normalized spacial score (nSPS) is 12.7. The van der Waals surface area contributed by atoms with E-state index in [1.54, 1.807) is 11.7 Å². The maximum atomic E-state index is 9.68. The molecule has 0 saturated heterocycles. The van der Waals surface area contributed by atoms with Gasteiger partial charge in [0.15, 0.2) is 0 Å². The molecule has 0 aliphatic rings. The highest BCUT2D eigenvalue weighted by atomic mass is 16.3. The van der Waals surface area contributed by atoms with Gasteiger partial charge in [0.25, 0.3) is 0 Å². The fraction of sp³-hybridized carbons (Fsp3) is 0.250. The topological polar surface area (TPSA) is 64.1 Å². The molecular formula is C12H15N3O. The second kappa shape index (κ2) is 4.47. The average molecular weight is 217 g/mol. The van der Waals surface area contributed by atoms with Crippen LogP contribution < -0.4 is 5.73 Å². The van der Waals surface area contributed by atoms with Crippen LogP contribution in [0.5, 0.6) is 0 Å². The molecule has 84 valence electrons. The molecule has 0 aliphatic carbocycles. The molecule has 2 aromatic rings. The summed E-state index contributed by atoms with van der Waals surface area (Å²) in [4.78, 5) is 0. The maximum Gasteiger partial charge on any atom is 0.108 e. The first kappa shape index (κ1) is 10.9. The van der Waals surface area contributed by atoms with Crippen LogP contribution in [0, 0.1) is 0 Å². The zero-order chi connectivity index (χ0) is 11.5. The Bertz CT molecular complexity index is 464. The van der Waals surface area contributed by atoms with Crippen molar-refractivity contribution in [2.24, 2.45) is 12.8 Å². The van der Waals surface area contributed by atoms with Gasteiger partial charge < -0.3 is 10.8 Å². The molecule has 0 fully saturated rings. The van der Waals surface area contributed by atoms with Gasteiger partial charge in [0.05, 0.1) is 11.4 Å². The van der Waals surface area contributed by atoms with E-state index in [2.05, 4.69) is 5.10 Å². The Labute approximate surface area is 94.3 Å². The van der Waals surface area contributed by atoms with Gasteiger partial charge in [-0.25, -0.2) is 0 Å². The third kappa shape index (κ3) is 1.98. The SMILES string of the molecule is Cn1nc(-c2ccccc2)cc1C(O)CN. The minimum atomic E-state index is -0.657. The van der Waals surface area contributed by atoms with E-state index in [0.717, 1.165) is 17.0 Å². The highest BCUT2D eigenvalue weighted by Crippen LogP contribution is 2.21. The fourth-order valence-corrected chi connectivity index (χ4v) is 1.66. The molecule has 1 heterocycles. The molecule has 1 aromatic carbocycles. The third-order valence-electron chi connectivity index (χ3n) is 2.55. The molecule has 4 heteroatoms. The van der Waals surface area contributed by atoms with Crippen LogP contribution in [-0.2, 0) is 7.05 Å². The molecular weight excluding hydrogens is 202 g/mol. The van der Waals surface area contributed by atoms with Crippen molar-refractivity contribution in [3.05, 3.63) is 42.1 Å². The highest BCUT2D eigenvalue weighted by molar-refractivity contribution is 5.59. The number of benzene rings is 1. The zero-order valence-electron chi connectivity index (χ0n) is 9.17. The minimum absolute atomic E-state index is 0.202. The van der Waals surface area contributed by atoms with Crippen LogP contribution in [0.1, 0.15) is 11.8 Å². The largest absolute Gasteiger partial charge is 0.385 e. The predicted molar refractivity (Wildman–Crippen MR) is 62.7 cm³/mol. The zero-order valence-corrected chi connectivity index (χ0v) is 9.17. The van der Waals surface area contributed by atoms with E-state index in [1.807, 2.05) is 36.4 Å². The van der Waals surface area contributed by atoms with Crippen molar-refractivity contribution in [1.29, 1.82) is 0 Å². The lowest BCUT2D eigenvalue weighted by molar-refractivity contribution is 0.177. The second-order valence-corrected chi connectivity index (χ2v) is 3.70. The molecule has 0 bridgehead atoms. The molecule has 1 aromatic heterocycles. The summed E-state index contributed by atoms with van der Waals surface area (Å²) < 4.78 is 1.67. The first-order chi connectivity index (χ1) is 7.72. The van der Waals surface area contributed by atoms with E-state index in [4.69, 9.17) is 5.73 Å². The van der Waals surface area contributed by atoms with Crippen molar-refractivity contribution in [2.75, 3.05) is 6.54 Å². The maximum absolute atomic E-state index is 9.68. The second-order valence-electron chi connectivity index (χ2n) is 3.70. The Balaban J connectivity index is 2.38. The summed E-state index contributed by atoms with van der Waals surface area (Å²) in [5, 5.41) is 14.0.